The molecule has 4 heterocycles. The Morgan fingerprint density at radius 2 is 2.00 bits per heavy atom. The molecule has 3 aromatic heterocycles. The van der Waals surface area contributed by atoms with Crippen LogP contribution < -0.4 is 11.2 Å². The second-order valence-electron chi connectivity index (χ2n) is 8.52. The zero-order chi connectivity index (χ0) is 24.5. The Balaban J connectivity index is 1.82. The van der Waals surface area contributed by atoms with Crippen molar-refractivity contribution in [3.8, 4) is 5.69 Å². The predicted molar refractivity (Wildman–Crippen MR) is 144 cm³/mol. The zero-order valence-corrected chi connectivity index (χ0v) is 20.6. The van der Waals surface area contributed by atoms with Gasteiger partial charge in [0.15, 0.2) is 0 Å². The predicted octanol–water partition coefficient (Wildman–Crippen LogP) is 5.51. The molecule has 4 aromatic rings. The maximum absolute atomic E-state index is 14.0. The molecule has 178 valence electrons. The van der Waals surface area contributed by atoms with E-state index in [4.69, 9.17) is 16.3 Å². The van der Waals surface area contributed by atoms with E-state index < -0.39 is 0 Å². The first-order chi connectivity index (χ1) is 17.0. The molecule has 35 heavy (non-hydrogen) atoms. The lowest BCUT2D eigenvalue weighted by Gasteiger charge is -2.23. The van der Waals surface area contributed by atoms with Gasteiger partial charge >= 0.3 is 5.69 Å². The van der Waals surface area contributed by atoms with Crippen molar-refractivity contribution >= 4 is 49.5 Å². The van der Waals surface area contributed by atoms with Crippen molar-refractivity contribution in [3.05, 3.63) is 98.8 Å². The molecule has 8 heteroatoms. The average Bonchev–Trinajstić information content (AvgIpc) is 3.31. The smallest absolute Gasteiger partial charge is 0.336 e. The molecular formula is C27H24ClN3O3S. The SMILES string of the molecule is C=C/C=C(\C(=C)Cl)c1cc2c(s1)c(=O)n(-c1cncc3ccccc13)c(=O)n2CC1CCOCC1. The maximum atomic E-state index is 14.0. The number of aromatic nitrogens is 3. The number of benzene rings is 1. The van der Waals surface area contributed by atoms with Gasteiger partial charge in [-0.15, -0.1) is 11.3 Å². The largest absolute Gasteiger partial charge is 0.381 e. The highest BCUT2D eigenvalue weighted by atomic mass is 35.5. The Kier molecular flexibility index (Phi) is 6.56. The van der Waals surface area contributed by atoms with E-state index in [0.717, 1.165) is 28.5 Å². The number of fused-ring (bicyclic) bond motifs is 2. The molecule has 1 saturated heterocycles. The van der Waals surface area contributed by atoms with E-state index in [2.05, 4.69) is 18.1 Å². The third-order valence-electron chi connectivity index (χ3n) is 6.33. The highest BCUT2D eigenvalue weighted by molar-refractivity contribution is 7.20. The summed E-state index contributed by atoms with van der Waals surface area (Å²) in [5.41, 5.74) is 0.991. The monoisotopic (exact) mass is 505 g/mol. The number of rotatable bonds is 6. The molecule has 0 saturated carbocycles. The van der Waals surface area contributed by atoms with Crippen molar-refractivity contribution in [2.75, 3.05) is 13.2 Å². The summed E-state index contributed by atoms with van der Waals surface area (Å²) in [6.07, 6.45) is 8.41. The molecule has 0 bridgehead atoms. The van der Waals surface area contributed by atoms with Gasteiger partial charge in [0.25, 0.3) is 5.56 Å². The van der Waals surface area contributed by atoms with Crippen LogP contribution in [0.3, 0.4) is 0 Å². The first-order valence-corrected chi connectivity index (χ1v) is 12.6. The van der Waals surface area contributed by atoms with E-state index >= 15 is 0 Å². The van der Waals surface area contributed by atoms with Crippen LogP contribution in [0.1, 0.15) is 17.7 Å². The maximum Gasteiger partial charge on any atom is 0.336 e. The summed E-state index contributed by atoms with van der Waals surface area (Å²) < 4.78 is 8.97. The normalized spacial score (nSPS) is 15.1. The van der Waals surface area contributed by atoms with Gasteiger partial charge in [0, 0.05) is 52.2 Å². The topological polar surface area (TPSA) is 66.1 Å². The van der Waals surface area contributed by atoms with Crippen LogP contribution in [-0.2, 0) is 11.3 Å². The molecule has 0 atom stereocenters. The van der Waals surface area contributed by atoms with E-state index in [1.807, 2.05) is 30.3 Å². The molecule has 0 unspecified atom stereocenters. The Hall–Kier alpha value is -3.26. The molecule has 1 aliphatic rings. The molecule has 5 rings (SSSR count). The number of thiophene rings is 1. The lowest BCUT2D eigenvalue weighted by molar-refractivity contribution is 0.0612. The standard InChI is InChI=1S/C27H24ClN3O3S/c1-3-6-20(17(2)28)24-13-22-25(35-24)26(32)31(23-15-29-14-19-7-4-5-8-21(19)23)27(33)30(22)16-18-9-11-34-12-10-18/h3-8,13-15,18H,1-2,9-12,16H2/b20-6+. The van der Waals surface area contributed by atoms with E-state index in [-0.39, 0.29) is 17.2 Å². The molecule has 0 amide bonds. The molecule has 0 spiro atoms. The Bertz CT molecular complexity index is 1600. The second-order valence-corrected chi connectivity index (χ2v) is 10.0. The van der Waals surface area contributed by atoms with Crippen molar-refractivity contribution in [3.63, 3.8) is 0 Å². The molecule has 1 fully saturated rings. The summed E-state index contributed by atoms with van der Waals surface area (Å²) in [6.45, 7) is 9.45. The number of nitrogens with zero attached hydrogens (tertiary/aromatic N) is 3. The molecule has 1 aliphatic heterocycles. The number of halogens is 1. The highest BCUT2D eigenvalue weighted by Crippen LogP contribution is 2.34. The number of hydrogen-bond donors (Lipinski definition) is 0. The number of ether oxygens (including phenoxy) is 1. The lowest BCUT2D eigenvalue weighted by Crippen LogP contribution is -2.40. The lowest BCUT2D eigenvalue weighted by atomic mass is 10.0. The van der Waals surface area contributed by atoms with Gasteiger partial charge in [-0.1, -0.05) is 61.2 Å². The first kappa shape index (κ1) is 23.5. The van der Waals surface area contributed by atoms with Crippen molar-refractivity contribution in [1.29, 1.82) is 0 Å². The van der Waals surface area contributed by atoms with Gasteiger partial charge in [-0.3, -0.25) is 14.3 Å². The fourth-order valence-electron chi connectivity index (χ4n) is 4.56. The fraction of sp³-hybridized carbons (Fsp3) is 0.222. The Morgan fingerprint density at radius 1 is 1.23 bits per heavy atom. The molecule has 0 radical (unpaired) electrons. The minimum atomic E-state index is -0.379. The molecule has 0 N–H and O–H groups in total. The van der Waals surface area contributed by atoms with Gasteiger partial charge in [-0.2, -0.15) is 0 Å². The van der Waals surface area contributed by atoms with E-state index in [9.17, 15) is 9.59 Å². The van der Waals surface area contributed by atoms with E-state index in [1.165, 1.54) is 15.9 Å². The van der Waals surface area contributed by atoms with Crippen LogP contribution >= 0.6 is 22.9 Å². The van der Waals surface area contributed by atoms with Gasteiger partial charge in [0.2, 0.25) is 0 Å². The van der Waals surface area contributed by atoms with Gasteiger partial charge in [-0.25, -0.2) is 9.36 Å². The summed E-state index contributed by atoms with van der Waals surface area (Å²) in [4.78, 5) is 32.8. The summed E-state index contributed by atoms with van der Waals surface area (Å²) in [6, 6.07) is 9.46. The average molecular weight is 506 g/mol. The van der Waals surface area contributed by atoms with Crippen LogP contribution in [0.2, 0.25) is 0 Å². The second kappa shape index (κ2) is 9.77. The molecule has 6 nitrogen and oxygen atoms in total. The van der Waals surface area contributed by atoms with Gasteiger partial charge in [0.05, 0.1) is 17.4 Å². The van der Waals surface area contributed by atoms with Crippen molar-refractivity contribution in [2.24, 2.45) is 5.92 Å². The zero-order valence-electron chi connectivity index (χ0n) is 19.1. The molecule has 0 aliphatic carbocycles. The summed E-state index contributed by atoms with van der Waals surface area (Å²) in [7, 11) is 0. The Labute approximate surface area is 211 Å². The molecular weight excluding hydrogens is 482 g/mol. The number of pyridine rings is 1. The fourth-order valence-corrected chi connectivity index (χ4v) is 5.92. The third-order valence-corrected chi connectivity index (χ3v) is 7.68. The Morgan fingerprint density at radius 3 is 2.74 bits per heavy atom. The van der Waals surface area contributed by atoms with Crippen molar-refractivity contribution in [1.82, 2.24) is 14.1 Å². The van der Waals surface area contributed by atoms with Gasteiger partial charge < -0.3 is 4.74 Å². The van der Waals surface area contributed by atoms with Crippen LogP contribution in [0, 0.1) is 5.92 Å². The van der Waals surface area contributed by atoms with Crippen molar-refractivity contribution < 1.29 is 4.74 Å². The minimum absolute atomic E-state index is 0.274. The minimum Gasteiger partial charge on any atom is -0.381 e. The van der Waals surface area contributed by atoms with Gasteiger partial charge in [0.1, 0.15) is 4.70 Å². The first-order valence-electron chi connectivity index (χ1n) is 11.4. The summed E-state index contributed by atoms with van der Waals surface area (Å²) >= 11 is 7.57. The number of hydrogen-bond acceptors (Lipinski definition) is 5. The van der Waals surface area contributed by atoms with E-state index in [0.29, 0.717) is 46.3 Å². The summed E-state index contributed by atoms with van der Waals surface area (Å²) in [5.74, 6) is 0.274. The van der Waals surface area contributed by atoms with E-state index in [1.54, 1.807) is 29.1 Å². The van der Waals surface area contributed by atoms with Crippen LogP contribution in [0.25, 0.3) is 32.2 Å². The van der Waals surface area contributed by atoms with Crippen LogP contribution in [0.15, 0.2) is 82.7 Å². The third kappa shape index (κ3) is 4.31. The quantitative estimate of drug-likeness (QED) is 0.324. The van der Waals surface area contributed by atoms with Crippen LogP contribution in [0.4, 0.5) is 0 Å². The van der Waals surface area contributed by atoms with Crippen LogP contribution in [0.5, 0.6) is 0 Å². The van der Waals surface area contributed by atoms with Gasteiger partial charge in [-0.05, 0) is 24.8 Å². The highest BCUT2D eigenvalue weighted by Gasteiger charge is 2.23. The number of allylic oxidation sites excluding steroid dienone is 4. The van der Waals surface area contributed by atoms with Crippen molar-refractivity contribution in [2.45, 2.75) is 19.4 Å². The summed E-state index contributed by atoms with van der Waals surface area (Å²) in [5, 5.41) is 1.99. The molecule has 1 aromatic carbocycles. The van der Waals surface area contributed by atoms with Crippen LogP contribution in [-0.4, -0.2) is 27.3 Å².